The van der Waals surface area contributed by atoms with Crippen LogP contribution in [0.1, 0.15) is 45.3 Å². The second-order valence-corrected chi connectivity index (χ2v) is 5.53. The summed E-state index contributed by atoms with van der Waals surface area (Å²) in [5, 5.41) is 9.39. The maximum atomic E-state index is 9.39. The summed E-state index contributed by atoms with van der Waals surface area (Å²) in [6.45, 7) is 6.23. The molecule has 3 nitrogen and oxygen atoms in total. The van der Waals surface area contributed by atoms with Crippen LogP contribution in [-0.4, -0.2) is 17.5 Å². The Bertz CT molecular complexity index is 407. The van der Waals surface area contributed by atoms with E-state index in [1.807, 2.05) is 12.1 Å². The van der Waals surface area contributed by atoms with Crippen LogP contribution in [0.2, 0.25) is 0 Å². The molecule has 3 atom stereocenters. The molecule has 104 valence electrons. The van der Waals surface area contributed by atoms with Gasteiger partial charge in [-0.25, -0.2) is 0 Å². The molecule has 0 amide bonds. The molecule has 1 fully saturated rings. The van der Waals surface area contributed by atoms with E-state index in [0.29, 0.717) is 6.04 Å². The average Bonchev–Trinajstić information content (AvgIpc) is 2.97. The van der Waals surface area contributed by atoms with Crippen molar-refractivity contribution >= 4 is 0 Å². The topological polar surface area (TPSA) is 40.2 Å². The molecule has 3 unspecified atom stereocenters. The molecule has 1 heterocycles. The third kappa shape index (κ3) is 3.39. The van der Waals surface area contributed by atoms with Crippen molar-refractivity contribution in [2.75, 3.05) is 6.54 Å². The molecule has 3 heteroatoms. The molecule has 19 heavy (non-hydrogen) atoms. The predicted molar refractivity (Wildman–Crippen MR) is 75.3 cm³/mol. The molecule has 1 saturated carbocycles. The number of furan rings is 1. The smallest absolute Gasteiger partial charge is 0.117 e. The van der Waals surface area contributed by atoms with Crippen LogP contribution in [0.25, 0.3) is 0 Å². The van der Waals surface area contributed by atoms with Crippen molar-refractivity contribution in [3.63, 3.8) is 0 Å². The lowest BCUT2D eigenvalue weighted by molar-refractivity contribution is 0.0916. The van der Waals surface area contributed by atoms with Crippen molar-refractivity contribution in [2.24, 2.45) is 11.8 Å². The largest absolute Gasteiger partial charge is 0.468 e. The van der Waals surface area contributed by atoms with Crippen LogP contribution in [0.4, 0.5) is 0 Å². The lowest BCUT2D eigenvalue weighted by Crippen LogP contribution is -2.43. The first-order valence-electron chi connectivity index (χ1n) is 7.44. The summed E-state index contributed by atoms with van der Waals surface area (Å²) in [6.07, 6.45) is 6.37. The quantitative estimate of drug-likeness (QED) is 0.808. The summed E-state index contributed by atoms with van der Waals surface area (Å²) in [7, 11) is 0. The van der Waals surface area contributed by atoms with Gasteiger partial charge >= 0.3 is 0 Å². The first-order valence-corrected chi connectivity index (χ1v) is 7.44. The first kappa shape index (κ1) is 14.1. The van der Waals surface area contributed by atoms with Gasteiger partial charge in [0.2, 0.25) is 0 Å². The molecule has 1 aliphatic carbocycles. The lowest BCUT2D eigenvalue weighted by atomic mass is 9.77. The highest BCUT2D eigenvalue weighted by molar-refractivity contribution is 5.02. The lowest BCUT2D eigenvalue weighted by Gasteiger charge is -2.39. The highest BCUT2D eigenvalue weighted by Gasteiger charge is 2.33. The minimum absolute atomic E-state index is 0.178. The Kier molecular flexibility index (Phi) is 5.04. The van der Waals surface area contributed by atoms with Crippen molar-refractivity contribution in [1.29, 1.82) is 5.26 Å². The molecule has 1 aromatic heterocycles. The summed E-state index contributed by atoms with van der Waals surface area (Å²) < 4.78 is 5.45. The molecule has 0 aromatic carbocycles. The van der Waals surface area contributed by atoms with E-state index in [9.17, 15) is 5.26 Å². The van der Waals surface area contributed by atoms with Crippen molar-refractivity contribution in [3.05, 3.63) is 24.2 Å². The van der Waals surface area contributed by atoms with E-state index < -0.39 is 0 Å². The molecule has 1 aliphatic rings. The highest BCUT2D eigenvalue weighted by atomic mass is 16.3. The minimum Gasteiger partial charge on any atom is -0.468 e. The molecule has 0 saturated heterocycles. The summed E-state index contributed by atoms with van der Waals surface area (Å²) in [4.78, 5) is 2.41. The van der Waals surface area contributed by atoms with Crippen LogP contribution >= 0.6 is 0 Å². The number of hydrogen-bond donors (Lipinski definition) is 0. The van der Waals surface area contributed by atoms with Crippen LogP contribution in [-0.2, 0) is 6.54 Å². The van der Waals surface area contributed by atoms with Crippen molar-refractivity contribution in [3.8, 4) is 6.07 Å². The molecular weight excluding hydrogens is 236 g/mol. The normalized spacial score (nSPS) is 27.4. The van der Waals surface area contributed by atoms with Gasteiger partial charge in [-0.2, -0.15) is 5.26 Å². The Morgan fingerprint density at radius 3 is 2.84 bits per heavy atom. The van der Waals surface area contributed by atoms with Gasteiger partial charge in [-0.3, -0.25) is 4.90 Å². The van der Waals surface area contributed by atoms with Gasteiger partial charge in [-0.1, -0.05) is 20.3 Å². The third-order valence-electron chi connectivity index (χ3n) is 4.48. The second kappa shape index (κ2) is 6.77. The fourth-order valence-corrected chi connectivity index (χ4v) is 3.22. The number of nitriles is 1. The van der Waals surface area contributed by atoms with E-state index >= 15 is 0 Å². The van der Waals surface area contributed by atoms with Gasteiger partial charge in [0.05, 0.1) is 24.8 Å². The summed E-state index contributed by atoms with van der Waals surface area (Å²) in [5.41, 5.74) is 0. The van der Waals surface area contributed by atoms with Gasteiger partial charge in [0.1, 0.15) is 5.76 Å². The van der Waals surface area contributed by atoms with E-state index in [4.69, 9.17) is 4.42 Å². The SMILES string of the molecule is CCC1CCC(C#N)C(N(CC)Cc2ccco2)C1. The van der Waals surface area contributed by atoms with Gasteiger partial charge in [0.15, 0.2) is 0 Å². The van der Waals surface area contributed by atoms with Gasteiger partial charge in [-0.15, -0.1) is 0 Å². The monoisotopic (exact) mass is 260 g/mol. The number of nitrogens with zero attached hydrogens (tertiary/aromatic N) is 2. The molecule has 0 N–H and O–H groups in total. The Labute approximate surface area is 116 Å². The van der Waals surface area contributed by atoms with E-state index in [1.54, 1.807) is 6.26 Å². The Hall–Kier alpha value is -1.27. The summed E-state index contributed by atoms with van der Waals surface area (Å²) in [5.74, 6) is 1.95. The standard InChI is InChI=1S/C16H24N2O/c1-3-13-7-8-14(11-17)16(10-13)18(4-2)12-15-6-5-9-19-15/h5-6,9,13-14,16H,3-4,7-8,10,12H2,1-2H3. The van der Waals surface area contributed by atoms with Crippen LogP contribution < -0.4 is 0 Å². The Morgan fingerprint density at radius 2 is 2.26 bits per heavy atom. The first-order chi connectivity index (χ1) is 9.28. The van der Waals surface area contributed by atoms with E-state index in [-0.39, 0.29) is 5.92 Å². The molecule has 1 aromatic rings. The van der Waals surface area contributed by atoms with Crippen LogP contribution in [0, 0.1) is 23.2 Å². The Balaban J connectivity index is 2.07. The van der Waals surface area contributed by atoms with Gasteiger partial charge in [-0.05, 0) is 43.9 Å². The van der Waals surface area contributed by atoms with Crippen molar-refractivity contribution in [2.45, 2.75) is 52.1 Å². The second-order valence-electron chi connectivity index (χ2n) is 5.53. The van der Waals surface area contributed by atoms with Gasteiger partial charge < -0.3 is 4.42 Å². The molecule has 0 bridgehead atoms. The molecule has 0 aliphatic heterocycles. The van der Waals surface area contributed by atoms with E-state index in [2.05, 4.69) is 24.8 Å². The van der Waals surface area contributed by atoms with E-state index in [0.717, 1.165) is 37.6 Å². The summed E-state index contributed by atoms with van der Waals surface area (Å²) >= 11 is 0. The summed E-state index contributed by atoms with van der Waals surface area (Å²) in [6, 6.07) is 6.86. The molecule has 2 rings (SSSR count). The van der Waals surface area contributed by atoms with Crippen LogP contribution in [0.3, 0.4) is 0 Å². The molecular formula is C16H24N2O. The number of hydrogen-bond acceptors (Lipinski definition) is 3. The van der Waals surface area contributed by atoms with Gasteiger partial charge in [0, 0.05) is 6.04 Å². The zero-order chi connectivity index (χ0) is 13.7. The highest BCUT2D eigenvalue weighted by Crippen LogP contribution is 2.34. The third-order valence-corrected chi connectivity index (χ3v) is 4.48. The molecule has 0 spiro atoms. The molecule has 0 radical (unpaired) electrons. The Morgan fingerprint density at radius 1 is 1.42 bits per heavy atom. The zero-order valence-electron chi connectivity index (χ0n) is 12.0. The average molecular weight is 260 g/mol. The van der Waals surface area contributed by atoms with Crippen LogP contribution in [0.15, 0.2) is 22.8 Å². The van der Waals surface area contributed by atoms with Crippen molar-refractivity contribution in [1.82, 2.24) is 4.90 Å². The van der Waals surface area contributed by atoms with Crippen LogP contribution in [0.5, 0.6) is 0 Å². The fraction of sp³-hybridized carbons (Fsp3) is 0.688. The fourth-order valence-electron chi connectivity index (χ4n) is 3.22. The zero-order valence-corrected chi connectivity index (χ0v) is 12.0. The van der Waals surface area contributed by atoms with E-state index in [1.165, 1.54) is 12.8 Å². The maximum Gasteiger partial charge on any atom is 0.117 e. The minimum atomic E-state index is 0.178. The predicted octanol–water partition coefficient (Wildman–Crippen LogP) is 3.82. The van der Waals surface area contributed by atoms with Gasteiger partial charge in [0.25, 0.3) is 0 Å². The van der Waals surface area contributed by atoms with Crippen molar-refractivity contribution < 1.29 is 4.42 Å². The maximum absolute atomic E-state index is 9.39. The number of rotatable bonds is 5.